The second-order valence-corrected chi connectivity index (χ2v) is 7.56. The van der Waals surface area contributed by atoms with Crippen LogP contribution in [0, 0.1) is 34.6 Å². The van der Waals surface area contributed by atoms with Gasteiger partial charge in [0.25, 0.3) is 0 Å². The standard InChI is InChI=1S/C17H20O4S/c1-9-6-11(3)17(16(19)13(9)5)22(20,21)15-8-14(18)7-10(2)12(15)4/h6-8,18-19H,1-5H3. The Morgan fingerprint density at radius 2 is 1.32 bits per heavy atom. The molecule has 0 bridgehead atoms. The van der Waals surface area contributed by atoms with Gasteiger partial charge in [0.2, 0.25) is 9.84 Å². The number of benzene rings is 2. The predicted octanol–water partition coefficient (Wildman–Crippen LogP) is 3.47. The molecule has 0 aliphatic heterocycles. The second kappa shape index (κ2) is 5.32. The first-order valence-electron chi connectivity index (χ1n) is 6.92. The number of hydrogen-bond acceptors (Lipinski definition) is 4. The van der Waals surface area contributed by atoms with Crippen LogP contribution in [0.4, 0.5) is 0 Å². The molecule has 0 aromatic heterocycles. The summed E-state index contributed by atoms with van der Waals surface area (Å²) in [6.07, 6.45) is 0. The minimum atomic E-state index is -3.93. The van der Waals surface area contributed by atoms with E-state index < -0.39 is 9.84 Å². The molecule has 4 nitrogen and oxygen atoms in total. The zero-order valence-electron chi connectivity index (χ0n) is 13.4. The van der Waals surface area contributed by atoms with Gasteiger partial charge in [-0.15, -0.1) is 0 Å². The van der Waals surface area contributed by atoms with Crippen LogP contribution in [0.3, 0.4) is 0 Å². The monoisotopic (exact) mass is 320 g/mol. The van der Waals surface area contributed by atoms with Crippen molar-refractivity contribution in [1.82, 2.24) is 0 Å². The average Bonchev–Trinajstić information content (AvgIpc) is 2.39. The van der Waals surface area contributed by atoms with Crippen LogP contribution < -0.4 is 0 Å². The summed E-state index contributed by atoms with van der Waals surface area (Å²) in [7, 11) is -3.93. The number of aromatic hydroxyl groups is 2. The fraction of sp³-hybridized carbons (Fsp3) is 0.294. The summed E-state index contributed by atoms with van der Waals surface area (Å²) >= 11 is 0. The van der Waals surface area contributed by atoms with Crippen molar-refractivity contribution in [2.75, 3.05) is 0 Å². The van der Waals surface area contributed by atoms with Gasteiger partial charge >= 0.3 is 0 Å². The quantitative estimate of drug-likeness (QED) is 0.888. The minimum absolute atomic E-state index is 0.0200. The molecule has 22 heavy (non-hydrogen) atoms. The van der Waals surface area contributed by atoms with Gasteiger partial charge in [-0.25, -0.2) is 8.42 Å². The molecule has 0 unspecified atom stereocenters. The SMILES string of the molecule is Cc1cc(O)cc(S(=O)(=O)c2c(C)cc(C)c(C)c2O)c1C. The minimum Gasteiger partial charge on any atom is -0.508 e. The molecule has 0 heterocycles. The van der Waals surface area contributed by atoms with Gasteiger partial charge in [-0.3, -0.25) is 0 Å². The Morgan fingerprint density at radius 1 is 0.773 bits per heavy atom. The van der Waals surface area contributed by atoms with Crippen molar-refractivity contribution in [3.05, 3.63) is 46.0 Å². The predicted molar refractivity (Wildman–Crippen MR) is 85.4 cm³/mol. The molecule has 2 N–H and O–H groups in total. The molecular weight excluding hydrogens is 300 g/mol. The lowest BCUT2D eigenvalue weighted by Gasteiger charge is -2.16. The van der Waals surface area contributed by atoms with E-state index in [0.717, 1.165) is 5.56 Å². The maximum atomic E-state index is 13.0. The van der Waals surface area contributed by atoms with Gasteiger partial charge in [-0.05, 0) is 74.6 Å². The molecular formula is C17H20O4S. The third-order valence-electron chi connectivity index (χ3n) is 4.12. The summed E-state index contributed by atoms with van der Waals surface area (Å²) in [6.45, 7) is 8.59. The molecule has 2 aromatic rings. The van der Waals surface area contributed by atoms with Crippen LogP contribution in [-0.2, 0) is 9.84 Å². The van der Waals surface area contributed by atoms with Crippen molar-refractivity contribution in [2.24, 2.45) is 0 Å². The third-order valence-corrected chi connectivity index (χ3v) is 6.17. The molecule has 2 aromatic carbocycles. The van der Waals surface area contributed by atoms with Gasteiger partial charge in [0.05, 0.1) is 4.90 Å². The van der Waals surface area contributed by atoms with E-state index in [4.69, 9.17) is 0 Å². The highest BCUT2D eigenvalue weighted by atomic mass is 32.2. The highest BCUT2D eigenvalue weighted by Gasteiger charge is 2.28. The van der Waals surface area contributed by atoms with Crippen molar-refractivity contribution in [3.8, 4) is 11.5 Å². The summed E-state index contributed by atoms with van der Waals surface area (Å²) in [5.41, 5.74) is 3.10. The first-order valence-corrected chi connectivity index (χ1v) is 8.40. The van der Waals surface area contributed by atoms with Gasteiger partial charge in [-0.2, -0.15) is 0 Å². The van der Waals surface area contributed by atoms with Crippen LogP contribution in [0.25, 0.3) is 0 Å². The Balaban J connectivity index is 2.86. The van der Waals surface area contributed by atoms with Crippen LogP contribution in [-0.4, -0.2) is 18.6 Å². The summed E-state index contributed by atoms with van der Waals surface area (Å²) in [5, 5.41) is 20.1. The Morgan fingerprint density at radius 3 is 1.91 bits per heavy atom. The van der Waals surface area contributed by atoms with Crippen molar-refractivity contribution in [2.45, 2.75) is 44.4 Å². The van der Waals surface area contributed by atoms with Crippen molar-refractivity contribution < 1.29 is 18.6 Å². The van der Waals surface area contributed by atoms with E-state index in [0.29, 0.717) is 22.3 Å². The van der Waals surface area contributed by atoms with E-state index in [-0.39, 0.29) is 21.3 Å². The molecule has 0 atom stereocenters. The van der Waals surface area contributed by atoms with Gasteiger partial charge < -0.3 is 10.2 Å². The topological polar surface area (TPSA) is 74.6 Å². The van der Waals surface area contributed by atoms with Gasteiger partial charge in [-0.1, -0.05) is 6.07 Å². The van der Waals surface area contributed by atoms with E-state index in [1.165, 1.54) is 12.1 Å². The Hall–Kier alpha value is -2.01. The fourth-order valence-corrected chi connectivity index (χ4v) is 4.53. The lowest BCUT2D eigenvalue weighted by Crippen LogP contribution is -2.08. The smallest absolute Gasteiger partial charge is 0.210 e. The van der Waals surface area contributed by atoms with Crippen LogP contribution in [0.1, 0.15) is 27.8 Å². The Kier molecular flexibility index (Phi) is 3.96. The van der Waals surface area contributed by atoms with Crippen LogP contribution in [0.2, 0.25) is 0 Å². The highest BCUT2D eigenvalue weighted by Crippen LogP contribution is 2.38. The lowest BCUT2D eigenvalue weighted by atomic mass is 10.1. The van der Waals surface area contributed by atoms with E-state index in [9.17, 15) is 18.6 Å². The third kappa shape index (κ3) is 2.46. The molecule has 0 aliphatic carbocycles. The van der Waals surface area contributed by atoms with E-state index in [1.807, 2.05) is 6.92 Å². The molecule has 0 saturated carbocycles. The highest BCUT2D eigenvalue weighted by molar-refractivity contribution is 7.91. The molecule has 0 spiro atoms. The summed E-state index contributed by atoms with van der Waals surface area (Å²) < 4.78 is 26.0. The molecule has 0 saturated heterocycles. The number of aryl methyl sites for hydroxylation is 3. The number of hydrogen-bond donors (Lipinski definition) is 2. The van der Waals surface area contributed by atoms with Crippen molar-refractivity contribution >= 4 is 9.84 Å². The number of sulfone groups is 1. The molecule has 0 fully saturated rings. The largest absolute Gasteiger partial charge is 0.508 e. The molecule has 0 amide bonds. The zero-order chi connectivity index (χ0) is 16.8. The Labute approximate surface area is 131 Å². The Bertz CT molecular complexity index is 865. The summed E-state index contributed by atoms with van der Waals surface area (Å²) in [4.78, 5) is -0.0737. The molecule has 0 radical (unpaired) electrons. The molecule has 118 valence electrons. The number of rotatable bonds is 2. The van der Waals surface area contributed by atoms with Gasteiger partial charge in [0.15, 0.2) is 0 Å². The number of phenols is 2. The summed E-state index contributed by atoms with van der Waals surface area (Å²) in [6, 6.07) is 4.49. The van der Waals surface area contributed by atoms with Crippen LogP contribution >= 0.6 is 0 Å². The van der Waals surface area contributed by atoms with Crippen molar-refractivity contribution in [1.29, 1.82) is 0 Å². The maximum absolute atomic E-state index is 13.0. The fourth-order valence-electron chi connectivity index (χ4n) is 2.58. The maximum Gasteiger partial charge on any atom is 0.210 e. The van der Waals surface area contributed by atoms with E-state index >= 15 is 0 Å². The van der Waals surface area contributed by atoms with E-state index in [1.54, 1.807) is 33.8 Å². The lowest BCUT2D eigenvalue weighted by molar-refractivity contribution is 0.452. The molecule has 5 heteroatoms. The van der Waals surface area contributed by atoms with Gasteiger partial charge in [0.1, 0.15) is 16.4 Å². The normalized spacial score (nSPS) is 11.7. The summed E-state index contributed by atoms with van der Waals surface area (Å²) in [5.74, 6) is -0.333. The van der Waals surface area contributed by atoms with Crippen molar-refractivity contribution in [3.63, 3.8) is 0 Å². The first kappa shape index (κ1) is 16.4. The van der Waals surface area contributed by atoms with E-state index in [2.05, 4.69) is 0 Å². The molecule has 0 aliphatic rings. The van der Waals surface area contributed by atoms with Crippen LogP contribution in [0.15, 0.2) is 28.0 Å². The van der Waals surface area contributed by atoms with Gasteiger partial charge in [0, 0.05) is 0 Å². The zero-order valence-corrected chi connectivity index (χ0v) is 14.2. The van der Waals surface area contributed by atoms with Crippen LogP contribution in [0.5, 0.6) is 11.5 Å². The second-order valence-electron chi connectivity index (χ2n) is 5.70. The first-order chi connectivity index (χ1) is 10.1. The average molecular weight is 320 g/mol. The molecule has 2 rings (SSSR count). The number of phenolic OH excluding ortho intramolecular Hbond substituents is 2.